The first-order valence-electron chi connectivity index (χ1n) is 5.36. The first-order valence-corrected chi connectivity index (χ1v) is 5.36. The Morgan fingerprint density at radius 1 is 1.33 bits per heavy atom. The lowest BCUT2D eigenvalue weighted by atomic mass is 10.2. The fraction of sp³-hybridized carbons (Fsp3) is 0.167. The molecule has 92 valence electrons. The molecule has 0 saturated heterocycles. The largest absolute Gasteiger partial charge is 0.478 e. The zero-order valence-corrected chi connectivity index (χ0v) is 9.79. The maximum Gasteiger partial charge on any atom is 0.335 e. The Kier molecular flexibility index (Phi) is 3.47. The summed E-state index contributed by atoms with van der Waals surface area (Å²) < 4.78 is 0. The van der Waals surface area contributed by atoms with E-state index in [1.165, 1.54) is 18.3 Å². The van der Waals surface area contributed by atoms with Crippen molar-refractivity contribution in [2.45, 2.75) is 13.5 Å². The van der Waals surface area contributed by atoms with Gasteiger partial charge in [0.2, 0.25) is 0 Å². The molecular formula is C12H12N4O2. The van der Waals surface area contributed by atoms with Crippen molar-refractivity contribution >= 4 is 11.8 Å². The summed E-state index contributed by atoms with van der Waals surface area (Å²) in [5, 5.41) is 11.8. The van der Waals surface area contributed by atoms with Gasteiger partial charge >= 0.3 is 5.97 Å². The van der Waals surface area contributed by atoms with Crippen molar-refractivity contribution in [1.82, 2.24) is 15.0 Å². The molecule has 0 fully saturated rings. The van der Waals surface area contributed by atoms with Crippen molar-refractivity contribution in [3.63, 3.8) is 0 Å². The van der Waals surface area contributed by atoms with E-state index in [0.29, 0.717) is 12.4 Å². The van der Waals surface area contributed by atoms with Crippen LogP contribution in [0.25, 0.3) is 0 Å². The molecule has 2 N–H and O–H groups in total. The third-order valence-corrected chi connectivity index (χ3v) is 2.29. The maximum absolute atomic E-state index is 10.8. The number of carboxylic acids is 1. The standard InChI is InChI=1S/C12H12N4O2/c1-8-5-15-10(6-14-8)7-16-11-4-9(12(17)18)2-3-13-11/h2-6H,7H2,1H3,(H,13,16)(H,17,18). The van der Waals surface area contributed by atoms with Gasteiger partial charge in [-0.2, -0.15) is 0 Å². The van der Waals surface area contributed by atoms with E-state index < -0.39 is 5.97 Å². The molecule has 0 aromatic carbocycles. The van der Waals surface area contributed by atoms with Gasteiger partial charge in [-0.1, -0.05) is 0 Å². The van der Waals surface area contributed by atoms with Crippen molar-refractivity contribution < 1.29 is 9.90 Å². The predicted octanol–water partition coefficient (Wildman–Crippen LogP) is 1.49. The van der Waals surface area contributed by atoms with Crippen LogP contribution in [-0.4, -0.2) is 26.0 Å². The number of nitrogens with one attached hydrogen (secondary N) is 1. The third kappa shape index (κ3) is 3.00. The van der Waals surface area contributed by atoms with Crippen LogP contribution in [0.1, 0.15) is 21.7 Å². The minimum absolute atomic E-state index is 0.197. The van der Waals surface area contributed by atoms with E-state index in [4.69, 9.17) is 5.11 Å². The summed E-state index contributed by atoms with van der Waals surface area (Å²) in [7, 11) is 0. The van der Waals surface area contributed by atoms with Crippen LogP contribution in [0.3, 0.4) is 0 Å². The zero-order chi connectivity index (χ0) is 13.0. The van der Waals surface area contributed by atoms with Crippen LogP contribution < -0.4 is 5.32 Å². The summed E-state index contributed by atoms with van der Waals surface area (Å²) in [6, 6.07) is 2.92. The van der Waals surface area contributed by atoms with Gasteiger partial charge in [0.1, 0.15) is 5.82 Å². The predicted molar refractivity (Wildman–Crippen MR) is 65.3 cm³/mol. The molecule has 6 nitrogen and oxygen atoms in total. The molecule has 0 unspecified atom stereocenters. The summed E-state index contributed by atoms with van der Waals surface area (Å²) in [5.41, 5.74) is 1.82. The molecule has 0 aliphatic rings. The number of hydrogen-bond donors (Lipinski definition) is 2. The fourth-order valence-electron chi connectivity index (χ4n) is 1.35. The molecule has 18 heavy (non-hydrogen) atoms. The molecule has 0 atom stereocenters. The number of hydrogen-bond acceptors (Lipinski definition) is 5. The highest BCUT2D eigenvalue weighted by Gasteiger charge is 2.04. The molecule has 2 aromatic rings. The van der Waals surface area contributed by atoms with E-state index >= 15 is 0 Å². The highest BCUT2D eigenvalue weighted by atomic mass is 16.4. The lowest BCUT2D eigenvalue weighted by Gasteiger charge is -2.05. The van der Waals surface area contributed by atoms with Gasteiger partial charge in [-0.3, -0.25) is 9.97 Å². The van der Waals surface area contributed by atoms with E-state index in [1.54, 1.807) is 12.4 Å². The lowest BCUT2D eigenvalue weighted by Crippen LogP contribution is -2.05. The molecule has 0 radical (unpaired) electrons. The van der Waals surface area contributed by atoms with Gasteiger partial charge in [0.25, 0.3) is 0 Å². The lowest BCUT2D eigenvalue weighted by molar-refractivity contribution is 0.0697. The molecule has 6 heteroatoms. The van der Waals surface area contributed by atoms with Gasteiger partial charge in [0.15, 0.2) is 0 Å². The number of aryl methyl sites for hydroxylation is 1. The number of aromatic carboxylic acids is 1. The molecule has 0 spiro atoms. The molecule has 0 bridgehead atoms. The van der Waals surface area contributed by atoms with Crippen LogP contribution in [-0.2, 0) is 6.54 Å². The smallest absolute Gasteiger partial charge is 0.335 e. The average molecular weight is 244 g/mol. The second-order valence-electron chi connectivity index (χ2n) is 3.74. The number of aromatic nitrogens is 3. The van der Waals surface area contributed by atoms with E-state index in [9.17, 15) is 4.79 Å². The quantitative estimate of drug-likeness (QED) is 0.847. The Morgan fingerprint density at radius 3 is 2.83 bits per heavy atom. The van der Waals surface area contributed by atoms with Crippen LogP contribution >= 0.6 is 0 Å². The van der Waals surface area contributed by atoms with Crippen molar-refractivity contribution in [1.29, 1.82) is 0 Å². The normalized spacial score (nSPS) is 10.1. The minimum atomic E-state index is -0.976. The maximum atomic E-state index is 10.8. The van der Waals surface area contributed by atoms with Crippen molar-refractivity contribution in [3.8, 4) is 0 Å². The Labute approximate surface area is 104 Å². The Hall–Kier alpha value is -2.50. The molecule has 2 rings (SSSR count). The zero-order valence-electron chi connectivity index (χ0n) is 9.79. The second-order valence-corrected chi connectivity index (χ2v) is 3.74. The Morgan fingerprint density at radius 2 is 2.17 bits per heavy atom. The van der Waals surface area contributed by atoms with Crippen molar-refractivity contribution in [2.24, 2.45) is 0 Å². The summed E-state index contributed by atoms with van der Waals surface area (Å²) >= 11 is 0. The highest BCUT2D eigenvalue weighted by molar-refractivity contribution is 5.88. The number of rotatable bonds is 4. The molecule has 0 saturated carbocycles. The first kappa shape index (κ1) is 12.0. The van der Waals surface area contributed by atoms with E-state index in [-0.39, 0.29) is 5.56 Å². The number of carboxylic acid groups (broad SMARTS) is 1. The highest BCUT2D eigenvalue weighted by Crippen LogP contribution is 2.08. The number of anilines is 1. The van der Waals surface area contributed by atoms with E-state index in [1.807, 2.05) is 6.92 Å². The van der Waals surface area contributed by atoms with Gasteiger partial charge in [-0.15, -0.1) is 0 Å². The number of carbonyl (C=O) groups is 1. The molecule has 2 aromatic heterocycles. The third-order valence-electron chi connectivity index (χ3n) is 2.29. The summed E-state index contributed by atoms with van der Waals surface area (Å²) in [6.07, 6.45) is 4.80. The van der Waals surface area contributed by atoms with Gasteiger partial charge in [-0.25, -0.2) is 9.78 Å². The van der Waals surface area contributed by atoms with Crippen molar-refractivity contribution in [3.05, 3.63) is 47.7 Å². The van der Waals surface area contributed by atoms with Crippen LogP contribution in [0.15, 0.2) is 30.7 Å². The summed E-state index contributed by atoms with van der Waals surface area (Å²) in [5.74, 6) is -0.479. The van der Waals surface area contributed by atoms with Gasteiger partial charge in [0, 0.05) is 12.4 Å². The first-order chi connectivity index (χ1) is 8.65. The summed E-state index contributed by atoms with van der Waals surface area (Å²) in [6.45, 7) is 2.31. The van der Waals surface area contributed by atoms with Crippen LogP contribution in [0.4, 0.5) is 5.82 Å². The number of nitrogens with zero attached hydrogens (tertiary/aromatic N) is 3. The molecule has 0 aliphatic carbocycles. The van der Waals surface area contributed by atoms with Crippen molar-refractivity contribution in [2.75, 3.05) is 5.32 Å². The SMILES string of the molecule is Cc1cnc(CNc2cc(C(=O)O)ccn2)cn1. The van der Waals surface area contributed by atoms with Gasteiger partial charge in [0.05, 0.1) is 29.7 Å². The molecule has 0 amide bonds. The minimum Gasteiger partial charge on any atom is -0.478 e. The topological polar surface area (TPSA) is 88.0 Å². The Balaban J connectivity index is 2.04. The van der Waals surface area contributed by atoms with Gasteiger partial charge < -0.3 is 10.4 Å². The second kappa shape index (κ2) is 5.22. The van der Waals surface area contributed by atoms with E-state index in [2.05, 4.69) is 20.3 Å². The van der Waals surface area contributed by atoms with Crippen LogP contribution in [0, 0.1) is 6.92 Å². The Bertz CT molecular complexity index is 554. The van der Waals surface area contributed by atoms with Gasteiger partial charge in [-0.05, 0) is 19.1 Å². The summed E-state index contributed by atoms with van der Waals surface area (Å²) in [4.78, 5) is 23.1. The molecule has 2 heterocycles. The number of pyridine rings is 1. The van der Waals surface area contributed by atoms with Crippen LogP contribution in [0.5, 0.6) is 0 Å². The molecule has 0 aliphatic heterocycles. The fourth-order valence-corrected chi connectivity index (χ4v) is 1.35. The van der Waals surface area contributed by atoms with E-state index in [0.717, 1.165) is 11.4 Å². The molecular weight excluding hydrogens is 232 g/mol. The van der Waals surface area contributed by atoms with Crippen LogP contribution in [0.2, 0.25) is 0 Å². The monoisotopic (exact) mass is 244 g/mol. The average Bonchev–Trinajstić information content (AvgIpc) is 2.38.